The van der Waals surface area contributed by atoms with E-state index in [1.165, 1.54) is 5.56 Å². The van der Waals surface area contributed by atoms with Crippen LogP contribution in [-0.4, -0.2) is 37.8 Å². The Morgan fingerprint density at radius 2 is 1.66 bits per heavy atom. The first-order valence-corrected chi connectivity index (χ1v) is 12.0. The first-order valence-electron chi connectivity index (χ1n) is 9.98. The number of aryl methyl sites for hydroxylation is 1. The summed E-state index contributed by atoms with van der Waals surface area (Å²) >= 11 is 5.88. The van der Waals surface area contributed by atoms with Crippen molar-refractivity contribution in [1.82, 2.24) is 9.62 Å². The topological polar surface area (TPSA) is 66.5 Å². The molecule has 1 N–H and O–H groups in total. The number of carbonyl (C=O) groups is 1. The van der Waals surface area contributed by atoms with Gasteiger partial charge in [0.05, 0.1) is 5.75 Å². The Morgan fingerprint density at radius 3 is 2.31 bits per heavy atom. The zero-order chi connectivity index (χ0) is 20.7. The first-order chi connectivity index (χ1) is 13.9. The largest absolute Gasteiger partial charge is 0.353 e. The lowest BCUT2D eigenvalue weighted by atomic mass is 10.1. The number of hydrogen-bond acceptors (Lipinski definition) is 3. The number of carbonyl (C=O) groups excluding carboxylic acids is 1. The minimum absolute atomic E-state index is 0.0234. The number of nitrogens with zero attached hydrogens (tertiary/aromatic N) is 1. The second kappa shape index (κ2) is 10.2. The molecule has 0 spiro atoms. The molecule has 1 amide bonds. The molecular formula is C22H27ClN2O3S. The maximum atomic E-state index is 12.6. The lowest BCUT2D eigenvalue weighted by molar-refractivity contribution is -0.122. The van der Waals surface area contributed by atoms with Crippen molar-refractivity contribution < 1.29 is 13.2 Å². The fourth-order valence-electron chi connectivity index (χ4n) is 3.56. The van der Waals surface area contributed by atoms with Gasteiger partial charge in [0, 0.05) is 30.6 Å². The average molecular weight is 435 g/mol. The number of piperidine rings is 1. The molecule has 1 fully saturated rings. The van der Waals surface area contributed by atoms with Gasteiger partial charge in [0.15, 0.2) is 0 Å². The lowest BCUT2D eigenvalue weighted by Crippen LogP contribution is -2.46. The number of nitrogens with one attached hydrogen (secondary N) is 1. The van der Waals surface area contributed by atoms with Crippen LogP contribution >= 0.6 is 11.6 Å². The Kier molecular flexibility index (Phi) is 7.70. The van der Waals surface area contributed by atoms with Crippen LogP contribution in [0.4, 0.5) is 0 Å². The molecule has 5 nitrogen and oxygen atoms in total. The van der Waals surface area contributed by atoms with Gasteiger partial charge < -0.3 is 5.32 Å². The second-order valence-electron chi connectivity index (χ2n) is 7.46. The molecule has 2 aromatic carbocycles. The number of amides is 1. The molecule has 7 heteroatoms. The molecule has 0 saturated carbocycles. The van der Waals surface area contributed by atoms with Gasteiger partial charge in [-0.05, 0) is 48.9 Å². The molecule has 0 aliphatic carbocycles. The van der Waals surface area contributed by atoms with E-state index in [9.17, 15) is 13.2 Å². The van der Waals surface area contributed by atoms with Gasteiger partial charge in [-0.15, -0.1) is 0 Å². The van der Waals surface area contributed by atoms with Crippen molar-refractivity contribution in [2.45, 2.75) is 43.9 Å². The van der Waals surface area contributed by atoms with E-state index in [1.807, 2.05) is 54.6 Å². The molecule has 156 valence electrons. The van der Waals surface area contributed by atoms with Crippen molar-refractivity contribution in [3.05, 3.63) is 70.7 Å². The van der Waals surface area contributed by atoms with Crippen LogP contribution in [0.1, 0.15) is 36.8 Å². The van der Waals surface area contributed by atoms with E-state index >= 15 is 0 Å². The van der Waals surface area contributed by atoms with Gasteiger partial charge in [-0.1, -0.05) is 54.1 Å². The third-order valence-electron chi connectivity index (χ3n) is 5.19. The summed E-state index contributed by atoms with van der Waals surface area (Å²) in [6.07, 6.45) is 3.38. The summed E-state index contributed by atoms with van der Waals surface area (Å²) in [6, 6.07) is 16.9. The first kappa shape index (κ1) is 21.8. The molecule has 1 aliphatic rings. The molecule has 29 heavy (non-hydrogen) atoms. The van der Waals surface area contributed by atoms with Gasteiger partial charge in [0.25, 0.3) is 0 Å². The van der Waals surface area contributed by atoms with Crippen molar-refractivity contribution >= 4 is 27.5 Å². The van der Waals surface area contributed by atoms with Crippen LogP contribution < -0.4 is 5.32 Å². The fourth-order valence-corrected chi connectivity index (χ4v) is 5.25. The van der Waals surface area contributed by atoms with Crippen molar-refractivity contribution in [3.8, 4) is 0 Å². The fraction of sp³-hybridized carbons (Fsp3) is 0.409. The highest BCUT2D eigenvalue weighted by Crippen LogP contribution is 2.18. The third kappa shape index (κ3) is 6.84. The molecule has 0 unspecified atom stereocenters. The summed E-state index contributed by atoms with van der Waals surface area (Å²) in [6.45, 7) is 0.899. The molecule has 0 aromatic heterocycles. The molecule has 0 bridgehead atoms. The quantitative estimate of drug-likeness (QED) is 0.687. The number of sulfonamides is 1. The Hall–Kier alpha value is -1.89. The maximum Gasteiger partial charge on any atom is 0.220 e. The highest BCUT2D eigenvalue weighted by atomic mass is 35.5. The summed E-state index contributed by atoms with van der Waals surface area (Å²) < 4.78 is 26.8. The van der Waals surface area contributed by atoms with Crippen molar-refractivity contribution in [2.75, 3.05) is 13.1 Å². The average Bonchev–Trinajstić information content (AvgIpc) is 2.70. The monoisotopic (exact) mass is 434 g/mol. The minimum atomic E-state index is -3.32. The maximum absolute atomic E-state index is 12.6. The van der Waals surface area contributed by atoms with Crippen LogP contribution in [0.3, 0.4) is 0 Å². The minimum Gasteiger partial charge on any atom is -0.353 e. The van der Waals surface area contributed by atoms with Crippen LogP contribution in [0.2, 0.25) is 5.02 Å². The van der Waals surface area contributed by atoms with Gasteiger partial charge in [-0.25, -0.2) is 12.7 Å². The van der Waals surface area contributed by atoms with Gasteiger partial charge in [-0.2, -0.15) is 0 Å². The molecule has 1 saturated heterocycles. The molecule has 0 radical (unpaired) electrons. The van der Waals surface area contributed by atoms with Crippen LogP contribution in [0.5, 0.6) is 0 Å². The summed E-state index contributed by atoms with van der Waals surface area (Å²) in [7, 11) is -3.32. The van der Waals surface area contributed by atoms with Crippen LogP contribution in [0.25, 0.3) is 0 Å². The molecule has 2 aromatic rings. The van der Waals surface area contributed by atoms with Crippen LogP contribution in [-0.2, 0) is 27.0 Å². The summed E-state index contributed by atoms with van der Waals surface area (Å²) in [5.41, 5.74) is 1.96. The van der Waals surface area contributed by atoms with Gasteiger partial charge in [-0.3, -0.25) is 4.79 Å². The van der Waals surface area contributed by atoms with E-state index in [2.05, 4.69) is 5.32 Å². The van der Waals surface area contributed by atoms with Gasteiger partial charge in [0.2, 0.25) is 15.9 Å². The third-order valence-corrected chi connectivity index (χ3v) is 7.29. The van der Waals surface area contributed by atoms with Crippen molar-refractivity contribution in [3.63, 3.8) is 0 Å². The Morgan fingerprint density at radius 1 is 1.00 bits per heavy atom. The van der Waals surface area contributed by atoms with E-state index in [0.717, 1.165) is 18.4 Å². The van der Waals surface area contributed by atoms with Gasteiger partial charge >= 0.3 is 0 Å². The highest BCUT2D eigenvalue weighted by molar-refractivity contribution is 7.88. The van der Waals surface area contributed by atoms with Crippen molar-refractivity contribution in [2.24, 2.45) is 0 Å². The number of benzene rings is 2. The van der Waals surface area contributed by atoms with E-state index in [0.29, 0.717) is 37.4 Å². The number of hydrogen-bond donors (Lipinski definition) is 1. The Labute approximate surface area is 178 Å². The van der Waals surface area contributed by atoms with Crippen LogP contribution in [0, 0.1) is 0 Å². The van der Waals surface area contributed by atoms with E-state index in [4.69, 9.17) is 11.6 Å². The van der Waals surface area contributed by atoms with E-state index < -0.39 is 10.0 Å². The second-order valence-corrected chi connectivity index (χ2v) is 9.87. The zero-order valence-corrected chi connectivity index (χ0v) is 18.0. The van der Waals surface area contributed by atoms with Gasteiger partial charge in [0.1, 0.15) is 0 Å². The number of rotatable bonds is 8. The predicted octanol–water partition coefficient (Wildman–Crippen LogP) is 3.77. The van der Waals surface area contributed by atoms with E-state index in [-0.39, 0.29) is 17.7 Å². The summed E-state index contributed by atoms with van der Waals surface area (Å²) in [4.78, 5) is 12.2. The molecule has 1 heterocycles. The predicted molar refractivity (Wildman–Crippen MR) is 116 cm³/mol. The van der Waals surface area contributed by atoms with Crippen LogP contribution in [0.15, 0.2) is 54.6 Å². The standard InChI is InChI=1S/C22H27ClN2O3S/c23-20-11-9-18(10-12-20)7-4-8-22(26)24-21-13-15-25(16-14-21)29(27,28)17-19-5-2-1-3-6-19/h1-3,5-6,9-12,21H,4,7-8,13-17H2,(H,24,26). The smallest absolute Gasteiger partial charge is 0.220 e. The summed E-state index contributed by atoms with van der Waals surface area (Å²) in [5, 5.41) is 3.77. The normalized spacial score (nSPS) is 15.9. The molecular weight excluding hydrogens is 408 g/mol. The highest BCUT2D eigenvalue weighted by Gasteiger charge is 2.28. The lowest BCUT2D eigenvalue weighted by Gasteiger charge is -2.31. The summed E-state index contributed by atoms with van der Waals surface area (Å²) in [5.74, 6) is 0.0554. The van der Waals surface area contributed by atoms with E-state index in [1.54, 1.807) is 4.31 Å². The number of halogens is 1. The SMILES string of the molecule is O=C(CCCc1ccc(Cl)cc1)NC1CCN(S(=O)(=O)Cc2ccccc2)CC1. The Bertz CT molecular complexity index is 893. The zero-order valence-electron chi connectivity index (χ0n) is 16.4. The molecule has 3 rings (SSSR count). The van der Waals surface area contributed by atoms with Crippen molar-refractivity contribution in [1.29, 1.82) is 0 Å². The Balaban J connectivity index is 1.38. The molecule has 1 aliphatic heterocycles. The molecule has 0 atom stereocenters.